The van der Waals surface area contributed by atoms with Gasteiger partial charge in [0.15, 0.2) is 6.04 Å². The van der Waals surface area contributed by atoms with E-state index >= 15 is 0 Å². The van der Waals surface area contributed by atoms with Crippen molar-refractivity contribution in [1.29, 1.82) is 0 Å². The molecule has 0 saturated carbocycles. The zero-order valence-electron chi connectivity index (χ0n) is 36.4. The third kappa shape index (κ3) is 9.90. The van der Waals surface area contributed by atoms with Gasteiger partial charge in [0.2, 0.25) is 29.5 Å². The van der Waals surface area contributed by atoms with E-state index in [1.165, 1.54) is 21.6 Å². The van der Waals surface area contributed by atoms with Crippen LogP contribution in [-0.2, 0) is 33.5 Å². The third-order valence-electron chi connectivity index (χ3n) is 12.9. The van der Waals surface area contributed by atoms with Gasteiger partial charge >= 0.3 is 12.1 Å². The highest BCUT2D eigenvalue weighted by molar-refractivity contribution is 5.97. The second-order valence-corrected chi connectivity index (χ2v) is 17.7. The van der Waals surface area contributed by atoms with E-state index in [-0.39, 0.29) is 43.9 Å². The van der Waals surface area contributed by atoms with Gasteiger partial charge in [0, 0.05) is 25.6 Å². The lowest BCUT2D eigenvalue weighted by atomic mass is 9.96. The summed E-state index contributed by atoms with van der Waals surface area (Å²) in [7, 11) is 0. The molecule has 5 N–H and O–H groups in total. The van der Waals surface area contributed by atoms with Crippen molar-refractivity contribution in [3.63, 3.8) is 0 Å². The molecular formula is C46H62N6O10. The van der Waals surface area contributed by atoms with Gasteiger partial charge in [0.05, 0.1) is 6.10 Å². The number of aliphatic hydroxyl groups is 1. The van der Waals surface area contributed by atoms with Crippen molar-refractivity contribution in [1.82, 2.24) is 30.7 Å². The molecule has 0 bridgehead atoms. The first-order chi connectivity index (χ1) is 29.6. The monoisotopic (exact) mass is 858 g/mol. The van der Waals surface area contributed by atoms with Crippen LogP contribution in [0.3, 0.4) is 0 Å². The minimum Gasteiger partial charge on any atom is -0.480 e. The molecule has 0 spiro atoms. The number of likely N-dealkylation sites (tertiary alicyclic amines) is 3. The molecule has 16 heteroatoms. The molecule has 0 radical (unpaired) electrons. The second-order valence-electron chi connectivity index (χ2n) is 17.7. The van der Waals surface area contributed by atoms with Gasteiger partial charge < -0.3 is 40.7 Å². The number of carboxylic acids is 1. The van der Waals surface area contributed by atoms with Crippen LogP contribution in [0.2, 0.25) is 0 Å². The molecule has 3 saturated heterocycles. The van der Waals surface area contributed by atoms with Gasteiger partial charge in [-0.1, -0.05) is 82.6 Å². The molecule has 2 aromatic rings. The number of aliphatic hydroxyl groups excluding tert-OH is 1. The van der Waals surface area contributed by atoms with Crippen LogP contribution in [0.5, 0.6) is 0 Å². The fraction of sp³-hybridized carbons (Fsp3) is 0.587. The van der Waals surface area contributed by atoms with Crippen LogP contribution >= 0.6 is 0 Å². The normalized spacial score (nSPS) is 22.0. The van der Waals surface area contributed by atoms with E-state index in [4.69, 9.17) is 4.74 Å². The molecule has 336 valence electrons. The number of carbonyl (C=O) groups is 7. The molecule has 0 unspecified atom stereocenters. The lowest BCUT2D eigenvalue weighted by molar-refractivity contribution is -0.149. The Morgan fingerprint density at radius 2 is 1.23 bits per heavy atom. The Bertz CT molecular complexity index is 1960. The summed E-state index contributed by atoms with van der Waals surface area (Å²) in [6.45, 7) is 9.73. The smallest absolute Gasteiger partial charge is 0.410 e. The van der Waals surface area contributed by atoms with E-state index in [0.29, 0.717) is 51.5 Å². The summed E-state index contributed by atoms with van der Waals surface area (Å²) in [5, 5.41) is 27.6. The van der Waals surface area contributed by atoms with Crippen LogP contribution in [0.15, 0.2) is 48.5 Å². The number of ether oxygens (including phenoxy) is 1. The van der Waals surface area contributed by atoms with Crippen molar-refractivity contribution in [3.05, 3.63) is 59.7 Å². The predicted octanol–water partition coefficient (Wildman–Crippen LogP) is 3.39. The molecule has 6 rings (SSSR count). The number of hydrogen-bond donors (Lipinski definition) is 5. The van der Waals surface area contributed by atoms with Crippen LogP contribution in [0.1, 0.15) is 103 Å². The molecule has 3 fully saturated rings. The molecule has 3 aliphatic heterocycles. The van der Waals surface area contributed by atoms with Gasteiger partial charge in [-0.3, -0.25) is 28.9 Å². The van der Waals surface area contributed by atoms with E-state index in [2.05, 4.69) is 28.1 Å². The Balaban J connectivity index is 1.10. The minimum atomic E-state index is -1.55. The number of benzene rings is 2. The van der Waals surface area contributed by atoms with Gasteiger partial charge in [-0.2, -0.15) is 0 Å². The Morgan fingerprint density at radius 1 is 0.710 bits per heavy atom. The minimum absolute atomic E-state index is 0.0374. The molecular weight excluding hydrogens is 797 g/mol. The number of fused-ring (bicyclic) bond motifs is 3. The summed E-state index contributed by atoms with van der Waals surface area (Å²) in [6, 6.07) is 9.77. The fourth-order valence-corrected chi connectivity index (χ4v) is 9.46. The zero-order valence-corrected chi connectivity index (χ0v) is 36.4. The van der Waals surface area contributed by atoms with Crippen molar-refractivity contribution in [2.75, 3.05) is 26.2 Å². The van der Waals surface area contributed by atoms with Crippen LogP contribution in [0, 0.1) is 11.8 Å². The molecule has 6 amide bonds. The summed E-state index contributed by atoms with van der Waals surface area (Å²) >= 11 is 0. The Labute approximate surface area is 363 Å². The van der Waals surface area contributed by atoms with Gasteiger partial charge in [-0.05, 0) is 86.0 Å². The summed E-state index contributed by atoms with van der Waals surface area (Å²) in [5.74, 6) is -4.54. The van der Waals surface area contributed by atoms with E-state index in [9.17, 15) is 43.8 Å². The van der Waals surface area contributed by atoms with Crippen LogP contribution < -0.4 is 16.0 Å². The number of nitrogens with one attached hydrogen (secondary N) is 3. The summed E-state index contributed by atoms with van der Waals surface area (Å²) in [6.07, 6.45) is 1.45. The molecule has 16 nitrogen and oxygen atoms in total. The van der Waals surface area contributed by atoms with Crippen LogP contribution in [0.4, 0.5) is 4.79 Å². The van der Waals surface area contributed by atoms with Gasteiger partial charge in [0.1, 0.15) is 36.8 Å². The number of aliphatic carboxylic acids is 1. The van der Waals surface area contributed by atoms with E-state index in [0.717, 1.165) is 22.3 Å². The highest BCUT2D eigenvalue weighted by Crippen LogP contribution is 2.44. The number of nitrogens with zero attached hydrogens (tertiary/aromatic N) is 3. The maximum Gasteiger partial charge on any atom is 0.410 e. The number of rotatable bonds is 16. The average Bonchev–Trinajstić information content (AvgIpc) is 4.08. The third-order valence-corrected chi connectivity index (χ3v) is 12.9. The number of hydrogen-bond acceptors (Lipinski definition) is 9. The Hall–Kier alpha value is -5.51. The molecule has 1 aliphatic carbocycles. The molecule has 4 aliphatic rings. The lowest BCUT2D eigenvalue weighted by Gasteiger charge is -2.34. The molecule has 8 atom stereocenters. The fourth-order valence-electron chi connectivity index (χ4n) is 9.46. The maximum atomic E-state index is 14.4. The highest BCUT2D eigenvalue weighted by Gasteiger charge is 2.45. The average molecular weight is 859 g/mol. The van der Waals surface area contributed by atoms with Crippen molar-refractivity contribution in [2.24, 2.45) is 11.8 Å². The lowest BCUT2D eigenvalue weighted by Crippen LogP contribution is -2.60. The summed E-state index contributed by atoms with van der Waals surface area (Å²) in [5.41, 5.74) is 4.36. The summed E-state index contributed by atoms with van der Waals surface area (Å²) < 4.78 is 5.91. The highest BCUT2D eigenvalue weighted by atomic mass is 16.6. The topological polar surface area (TPSA) is 215 Å². The first-order valence-corrected chi connectivity index (χ1v) is 22.2. The number of amides is 6. The standard InChI is InChI=1S/C46H62N6O10/c1-6-27(4)38(48-41(55)36-19-12-23-52(36)46(61)62-25-33-31-16-9-7-14-29(31)30-15-8-10-17-32(30)33)42(56)47-34(24-26(2)3)43(57)51-22-13-20-37(51)44(58)50-21-11-18-35(50)40(54)49-39(28(5)53)45(59)60/h7-10,14-17,26-28,33-39,53H,6,11-13,18-25H2,1-5H3,(H,47,56)(H,48,55)(H,49,54)(H,59,60)/t27-,28+,34-,35-,36-,37-,38-,39-/m0/s1. The molecule has 0 aromatic heterocycles. The van der Waals surface area contributed by atoms with E-state index in [1.807, 2.05) is 64.1 Å². The quantitative estimate of drug-likeness (QED) is 0.166. The van der Waals surface area contributed by atoms with Gasteiger partial charge in [-0.15, -0.1) is 0 Å². The van der Waals surface area contributed by atoms with Crippen LogP contribution in [0.25, 0.3) is 11.1 Å². The molecule has 2 aromatic carbocycles. The first-order valence-electron chi connectivity index (χ1n) is 22.2. The van der Waals surface area contributed by atoms with Gasteiger partial charge in [-0.25, -0.2) is 9.59 Å². The largest absolute Gasteiger partial charge is 0.480 e. The Kier molecular flexibility index (Phi) is 14.9. The molecule has 3 heterocycles. The van der Waals surface area contributed by atoms with E-state index < -0.39 is 84.0 Å². The SMILES string of the molecule is CC[C@H](C)[C@H](NC(=O)[C@@H]1CCCN1C(=O)OCC1c2ccccc2-c2ccccc21)C(=O)N[C@@H](CC(C)C)C(=O)N1CCC[C@H]1C(=O)N1CCC[C@H]1C(=O)N[C@H](C(=O)O)[C@@H](C)O. The van der Waals surface area contributed by atoms with Crippen molar-refractivity contribution in [3.8, 4) is 11.1 Å². The first kappa shape index (κ1) is 46.0. The molecule has 62 heavy (non-hydrogen) atoms. The second kappa shape index (κ2) is 20.1. The number of carbonyl (C=O) groups excluding carboxylic acids is 6. The van der Waals surface area contributed by atoms with Crippen molar-refractivity contribution in [2.45, 2.75) is 134 Å². The van der Waals surface area contributed by atoms with Crippen molar-refractivity contribution < 1.29 is 48.5 Å². The van der Waals surface area contributed by atoms with Gasteiger partial charge in [0.25, 0.3) is 0 Å². The van der Waals surface area contributed by atoms with Crippen LogP contribution in [-0.4, -0.2) is 135 Å². The predicted molar refractivity (Wildman–Crippen MR) is 228 cm³/mol. The summed E-state index contributed by atoms with van der Waals surface area (Å²) in [4.78, 5) is 99.4. The zero-order chi connectivity index (χ0) is 44.8. The number of carboxylic acid groups (broad SMARTS) is 1. The Morgan fingerprint density at radius 3 is 1.77 bits per heavy atom. The maximum absolute atomic E-state index is 14.4. The van der Waals surface area contributed by atoms with Crippen molar-refractivity contribution >= 4 is 41.6 Å². The van der Waals surface area contributed by atoms with E-state index in [1.54, 1.807) is 0 Å².